The second kappa shape index (κ2) is 8.22. The highest BCUT2D eigenvalue weighted by molar-refractivity contribution is 7.80. The van der Waals surface area contributed by atoms with Gasteiger partial charge in [-0.3, -0.25) is 0 Å². The number of methoxy groups -OCH3 is 1. The van der Waals surface area contributed by atoms with Crippen LogP contribution in [-0.2, 0) is 9.53 Å². The molecular formula is C21H22N2O3S. The highest BCUT2D eigenvalue weighted by Crippen LogP contribution is 2.34. The molecule has 0 saturated heterocycles. The van der Waals surface area contributed by atoms with Gasteiger partial charge in [0.05, 0.1) is 31.0 Å². The summed E-state index contributed by atoms with van der Waals surface area (Å²) < 4.78 is 10.8. The van der Waals surface area contributed by atoms with Crippen LogP contribution in [-0.4, -0.2) is 24.8 Å². The van der Waals surface area contributed by atoms with Crippen LogP contribution in [0.2, 0.25) is 0 Å². The van der Waals surface area contributed by atoms with Gasteiger partial charge in [-0.1, -0.05) is 42.5 Å². The monoisotopic (exact) mass is 382 g/mol. The molecule has 0 unspecified atom stereocenters. The number of rotatable bonds is 5. The van der Waals surface area contributed by atoms with Gasteiger partial charge in [0.2, 0.25) is 0 Å². The largest absolute Gasteiger partial charge is 0.496 e. The number of nitrogens with one attached hydrogen (secondary N) is 2. The van der Waals surface area contributed by atoms with E-state index in [1.54, 1.807) is 14.0 Å². The van der Waals surface area contributed by atoms with Crippen LogP contribution in [0.3, 0.4) is 0 Å². The lowest BCUT2D eigenvalue weighted by molar-refractivity contribution is -0.138. The Bertz CT molecular complexity index is 894. The first-order valence-corrected chi connectivity index (χ1v) is 9.14. The van der Waals surface area contributed by atoms with Gasteiger partial charge in [0, 0.05) is 0 Å². The molecule has 2 N–H and O–H groups in total. The molecule has 3 rings (SSSR count). The van der Waals surface area contributed by atoms with Crippen molar-refractivity contribution in [3.05, 3.63) is 70.8 Å². The van der Waals surface area contributed by atoms with Crippen molar-refractivity contribution in [2.45, 2.75) is 19.9 Å². The Kier molecular flexibility index (Phi) is 5.76. The molecule has 2 aromatic rings. The predicted molar refractivity (Wildman–Crippen MR) is 109 cm³/mol. The second-order valence-electron chi connectivity index (χ2n) is 6.14. The Morgan fingerprint density at radius 3 is 2.59 bits per heavy atom. The van der Waals surface area contributed by atoms with Crippen LogP contribution in [0.5, 0.6) is 5.75 Å². The summed E-state index contributed by atoms with van der Waals surface area (Å²) in [5, 5.41) is 6.78. The summed E-state index contributed by atoms with van der Waals surface area (Å²) in [7, 11) is 1.63. The molecule has 1 heterocycles. The Hall–Kier alpha value is -2.86. The molecule has 1 atom stereocenters. The number of hydrogen-bond donors (Lipinski definition) is 2. The number of carbonyl (C=O) groups excluding carboxylic acids is 1. The third-order valence-corrected chi connectivity index (χ3v) is 4.62. The molecule has 0 fully saturated rings. The topological polar surface area (TPSA) is 59.6 Å². The van der Waals surface area contributed by atoms with Crippen LogP contribution in [0.15, 0.2) is 54.1 Å². The number of thiocarbonyl (C=S) groups is 1. The highest BCUT2D eigenvalue weighted by Gasteiger charge is 2.33. The molecular weight excluding hydrogens is 360 g/mol. The van der Waals surface area contributed by atoms with Crippen molar-refractivity contribution in [2.75, 3.05) is 13.7 Å². The zero-order valence-electron chi connectivity index (χ0n) is 15.5. The molecule has 0 saturated carbocycles. The normalized spacial score (nSPS) is 16.4. The number of carbonyl (C=O) groups is 1. The maximum absolute atomic E-state index is 12.9. The fourth-order valence-corrected chi connectivity index (χ4v) is 3.31. The third kappa shape index (κ3) is 3.95. The Morgan fingerprint density at radius 1 is 1.19 bits per heavy atom. The average molecular weight is 382 g/mol. The number of esters is 1. The number of ether oxygens (including phenoxy) is 2. The fraction of sp³-hybridized carbons (Fsp3) is 0.238. The van der Waals surface area contributed by atoms with Gasteiger partial charge >= 0.3 is 5.97 Å². The van der Waals surface area contributed by atoms with E-state index in [0.29, 0.717) is 23.0 Å². The van der Waals surface area contributed by atoms with Crippen molar-refractivity contribution in [1.82, 2.24) is 10.6 Å². The van der Waals surface area contributed by atoms with Crippen molar-refractivity contribution < 1.29 is 14.3 Å². The molecule has 0 spiro atoms. The Morgan fingerprint density at radius 2 is 1.93 bits per heavy atom. The molecule has 0 radical (unpaired) electrons. The smallest absolute Gasteiger partial charge is 0.338 e. The van der Waals surface area contributed by atoms with Crippen molar-refractivity contribution >= 4 is 29.0 Å². The molecule has 1 aliphatic rings. The number of hydrogen-bond acceptors (Lipinski definition) is 4. The van der Waals surface area contributed by atoms with E-state index < -0.39 is 6.04 Å². The van der Waals surface area contributed by atoms with E-state index in [1.165, 1.54) is 0 Å². The van der Waals surface area contributed by atoms with Crippen LogP contribution in [0.25, 0.3) is 5.70 Å². The minimum atomic E-state index is -0.442. The van der Waals surface area contributed by atoms with Gasteiger partial charge in [0.1, 0.15) is 5.75 Å². The van der Waals surface area contributed by atoms with Crippen molar-refractivity contribution in [3.63, 3.8) is 0 Å². The van der Waals surface area contributed by atoms with Gasteiger partial charge < -0.3 is 20.1 Å². The maximum atomic E-state index is 12.9. The molecule has 0 bridgehead atoms. The van der Waals surface area contributed by atoms with E-state index in [1.807, 2.05) is 55.5 Å². The molecule has 6 heteroatoms. The molecule has 2 aromatic carbocycles. The first-order chi connectivity index (χ1) is 13.0. The fourth-order valence-electron chi connectivity index (χ4n) is 3.09. The van der Waals surface area contributed by atoms with E-state index in [2.05, 4.69) is 10.6 Å². The van der Waals surface area contributed by atoms with E-state index in [0.717, 1.165) is 22.4 Å². The van der Waals surface area contributed by atoms with Gasteiger partial charge in [0.15, 0.2) is 5.11 Å². The van der Waals surface area contributed by atoms with Gasteiger partial charge in [-0.2, -0.15) is 0 Å². The zero-order chi connectivity index (χ0) is 19.4. The maximum Gasteiger partial charge on any atom is 0.338 e. The third-order valence-electron chi connectivity index (χ3n) is 4.40. The summed E-state index contributed by atoms with van der Waals surface area (Å²) in [6.45, 7) is 4.05. The van der Waals surface area contributed by atoms with Crippen molar-refractivity contribution in [2.24, 2.45) is 0 Å². The second-order valence-corrected chi connectivity index (χ2v) is 6.54. The van der Waals surface area contributed by atoms with Gasteiger partial charge in [-0.15, -0.1) is 0 Å². The highest BCUT2D eigenvalue weighted by atomic mass is 32.1. The summed E-state index contributed by atoms with van der Waals surface area (Å²) in [4.78, 5) is 12.9. The number of aryl methyl sites for hydroxylation is 1. The molecule has 27 heavy (non-hydrogen) atoms. The van der Waals surface area contributed by atoms with Gasteiger partial charge in [-0.05, 0) is 48.8 Å². The Balaban J connectivity index is 2.18. The first kappa shape index (κ1) is 18.9. The zero-order valence-corrected chi connectivity index (χ0v) is 16.4. The molecule has 0 aliphatic carbocycles. The summed E-state index contributed by atoms with van der Waals surface area (Å²) in [5.74, 6) is 0.367. The van der Waals surface area contributed by atoms with E-state index in [-0.39, 0.29) is 5.97 Å². The summed E-state index contributed by atoms with van der Waals surface area (Å²) in [6.07, 6.45) is 0. The number of benzene rings is 2. The van der Waals surface area contributed by atoms with Crippen molar-refractivity contribution in [1.29, 1.82) is 0 Å². The minimum absolute atomic E-state index is 0.290. The van der Waals surface area contributed by atoms with E-state index in [9.17, 15) is 4.79 Å². The minimum Gasteiger partial charge on any atom is -0.496 e. The van der Waals surface area contributed by atoms with Gasteiger partial charge in [0.25, 0.3) is 0 Å². The van der Waals surface area contributed by atoms with Crippen molar-refractivity contribution in [3.8, 4) is 5.75 Å². The van der Waals surface area contributed by atoms with Crippen LogP contribution in [0.1, 0.15) is 29.7 Å². The van der Waals surface area contributed by atoms with Crippen LogP contribution >= 0.6 is 12.2 Å². The quantitative estimate of drug-likeness (QED) is 0.610. The van der Waals surface area contributed by atoms with Crippen LogP contribution in [0, 0.1) is 6.92 Å². The molecule has 0 amide bonds. The first-order valence-electron chi connectivity index (χ1n) is 8.74. The van der Waals surface area contributed by atoms with Crippen LogP contribution < -0.4 is 15.4 Å². The standard InChI is InChI=1S/C21H22N2O3S/c1-4-26-20(24)17-18(14-8-6-5-7-9-14)22-21(27)23-19(17)15-11-10-13(2)16(12-15)25-3/h5-12,19H,4H2,1-3H3,(H2,22,23,27)/t19-/m1/s1. The summed E-state index contributed by atoms with van der Waals surface area (Å²) in [6, 6.07) is 15.0. The molecule has 0 aromatic heterocycles. The lowest BCUT2D eigenvalue weighted by Crippen LogP contribution is -2.45. The van der Waals surface area contributed by atoms with E-state index in [4.69, 9.17) is 21.7 Å². The molecule has 1 aliphatic heterocycles. The predicted octanol–water partition coefficient (Wildman–Crippen LogP) is 3.50. The van der Waals surface area contributed by atoms with Crippen LogP contribution in [0.4, 0.5) is 0 Å². The summed E-state index contributed by atoms with van der Waals surface area (Å²) >= 11 is 5.41. The SMILES string of the molecule is CCOC(=O)C1=C(c2ccccc2)NC(=S)N[C@@H]1c1ccc(C)c(OC)c1. The lowest BCUT2D eigenvalue weighted by Gasteiger charge is -2.31. The molecule has 140 valence electrons. The summed E-state index contributed by atoms with van der Waals surface area (Å²) in [5.41, 5.74) is 3.90. The van der Waals surface area contributed by atoms with Gasteiger partial charge in [-0.25, -0.2) is 4.79 Å². The average Bonchev–Trinajstić information content (AvgIpc) is 2.68. The molecule has 5 nitrogen and oxygen atoms in total. The lowest BCUT2D eigenvalue weighted by atomic mass is 9.92. The van der Waals surface area contributed by atoms with E-state index >= 15 is 0 Å². The Labute approximate surface area is 164 Å².